The number of aliphatic hydroxyl groups excluding tert-OH is 1. The number of piperidine rings is 1. The highest BCUT2D eigenvalue weighted by atomic mass is 16.3. The Kier molecular flexibility index (Phi) is 5.56. The van der Waals surface area contributed by atoms with Crippen molar-refractivity contribution in [2.75, 3.05) is 18.4 Å². The van der Waals surface area contributed by atoms with Crippen molar-refractivity contribution >= 4 is 11.7 Å². The van der Waals surface area contributed by atoms with Gasteiger partial charge in [-0.05, 0) is 51.5 Å². The predicted octanol–water partition coefficient (Wildman–Crippen LogP) is 2.42. The van der Waals surface area contributed by atoms with Crippen LogP contribution >= 0.6 is 0 Å². The van der Waals surface area contributed by atoms with Crippen molar-refractivity contribution in [1.29, 1.82) is 0 Å². The standard InChI is InChI=1S/C18H30N4O2/c1-3-16(23)15-6-4-5-11-21(15)12-18(24)20-17-9-10-19-22(17)13(2)14-7-8-14/h9-10,13-16,23H,3-8,11-12H2,1-2H3,(H,20,24). The van der Waals surface area contributed by atoms with Crippen LogP contribution in [-0.2, 0) is 4.79 Å². The van der Waals surface area contributed by atoms with E-state index in [9.17, 15) is 9.90 Å². The van der Waals surface area contributed by atoms with Crippen LogP contribution in [0.5, 0.6) is 0 Å². The van der Waals surface area contributed by atoms with E-state index in [1.54, 1.807) is 6.20 Å². The van der Waals surface area contributed by atoms with E-state index in [2.05, 4.69) is 22.2 Å². The molecule has 0 radical (unpaired) electrons. The minimum atomic E-state index is -0.349. The Balaban J connectivity index is 1.60. The molecular formula is C18H30N4O2. The van der Waals surface area contributed by atoms with Gasteiger partial charge in [-0.3, -0.25) is 9.69 Å². The van der Waals surface area contributed by atoms with Gasteiger partial charge in [0.25, 0.3) is 0 Å². The van der Waals surface area contributed by atoms with Gasteiger partial charge in [0.05, 0.1) is 24.9 Å². The smallest absolute Gasteiger partial charge is 0.239 e. The summed E-state index contributed by atoms with van der Waals surface area (Å²) in [4.78, 5) is 14.7. The lowest BCUT2D eigenvalue weighted by molar-refractivity contribution is -0.119. The summed E-state index contributed by atoms with van der Waals surface area (Å²) in [5.74, 6) is 1.45. The van der Waals surface area contributed by atoms with E-state index in [0.29, 0.717) is 18.5 Å². The summed E-state index contributed by atoms with van der Waals surface area (Å²) in [6.07, 6.45) is 7.82. The second-order valence-corrected chi connectivity index (χ2v) is 7.30. The zero-order chi connectivity index (χ0) is 17.1. The molecule has 1 saturated heterocycles. The molecule has 3 atom stereocenters. The summed E-state index contributed by atoms with van der Waals surface area (Å²) in [7, 11) is 0. The van der Waals surface area contributed by atoms with E-state index < -0.39 is 0 Å². The molecule has 1 aliphatic carbocycles. The average Bonchev–Trinajstić information content (AvgIpc) is 3.34. The van der Waals surface area contributed by atoms with Gasteiger partial charge in [0.15, 0.2) is 0 Å². The summed E-state index contributed by atoms with van der Waals surface area (Å²) in [6, 6.07) is 2.30. The Morgan fingerprint density at radius 1 is 1.42 bits per heavy atom. The van der Waals surface area contributed by atoms with Crippen molar-refractivity contribution in [3.8, 4) is 0 Å². The Labute approximate surface area is 144 Å². The van der Waals surface area contributed by atoms with Crippen molar-refractivity contribution in [2.45, 2.75) is 70.6 Å². The van der Waals surface area contributed by atoms with Crippen molar-refractivity contribution in [3.05, 3.63) is 12.3 Å². The monoisotopic (exact) mass is 334 g/mol. The summed E-state index contributed by atoms with van der Waals surface area (Å²) in [5, 5.41) is 17.6. The van der Waals surface area contributed by atoms with Crippen molar-refractivity contribution < 1.29 is 9.90 Å². The Hall–Kier alpha value is -1.40. The van der Waals surface area contributed by atoms with E-state index in [0.717, 1.165) is 38.0 Å². The van der Waals surface area contributed by atoms with Crippen LogP contribution in [0.15, 0.2) is 12.3 Å². The van der Waals surface area contributed by atoms with Gasteiger partial charge in [0.2, 0.25) is 5.91 Å². The maximum absolute atomic E-state index is 12.5. The van der Waals surface area contributed by atoms with Crippen LogP contribution in [0.2, 0.25) is 0 Å². The molecule has 1 aromatic heterocycles. The number of carbonyl (C=O) groups excluding carboxylic acids is 1. The van der Waals surface area contributed by atoms with Crippen LogP contribution < -0.4 is 5.32 Å². The van der Waals surface area contributed by atoms with E-state index >= 15 is 0 Å². The molecular weight excluding hydrogens is 304 g/mol. The number of hydrogen-bond donors (Lipinski definition) is 2. The Bertz CT molecular complexity index is 555. The fourth-order valence-electron chi connectivity index (χ4n) is 3.80. The summed E-state index contributed by atoms with van der Waals surface area (Å²) >= 11 is 0. The third-order valence-corrected chi connectivity index (χ3v) is 5.50. The first-order chi connectivity index (χ1) is 11.6. The molecule has 0 bridgehead atoms. The van der Waals surface area contributed by atoms with Gasteiger partial charge < -0.3 is 10.4 Å². The van der Waals surface area contributed by atoms with Crippen molar-refractivity contribution in [3.63, 3.8) is 0 Å². The normalized spacial score (nSPS) is 24.5. The number of aromatic nitrogens is 2. The molecule has 2 N–H and O–H groups in total. The highest BCUT2D eigenvalue weighted by Crippen LogP contribution is 2.40. The lowest BCUT2D eigenvalue weighted by Crippen LogP contribution is -2.49. The van der Waals surface area contributed by atoms with Crippen LogP contribution in [0, 0.1) is 5.92 Å². The maximum Gasteiger partial charge on any atom is 0.239 e. The van der Waals surface area contributed by atoms with Crippen LogP contribution in [0.3, 0.4) is 0 Å². The lowest BCUT2D eigenvalue weighted by atomic mass is 9.96. The second-order valence-electron chi connectivity index (χ2n) is 7.30. The number of hydrogen-bond acceptors (Lipinski definition) is 4. The average molecular weight is 334 g/mol. The molecule has 2 heterocycles. The zero-order valence-corrected chi connectivity index (χ0v) is 14.8. The lowest BCUT2D eigenvalue weighted by Gasteiger charge is -2.37. The van der Waals surface area contributed by atoms with Gasteiger partial charge in [-0.15, -0.1) is 0 Å². The number of amides is 1. The first-order valence-corrected chi connectivity index (χ1v) is 9.35. The van der Waals surface area contributed by atoms with Crippen molar-refractivity contribution in [1.82, 2.24) is 14.7 Å². The fourth-order valence-corrected chi connectivity index (χ4v) is 3.80. The van der Waals surface area contributed by atoms with Gasteiger partial charge in [-0.2, -0.15) is 5.10 Å². The Morgan fingerprint density at radius 2 is 2.21 bits per heavy atom. The van der Waals surface area contributed by atoms with Gasteiger partial charge in [0.1, 0.15) is 5.82 Å². The van der Waals surface area contributed by atoms with Crippen LogP contribution in [0.1, 0.15) is 58.4 Å². The number of carbonyl (C=O) groups is 1. The number of aliphatic hydroxyl groups is 1. The third kappa shape index (κ3) is 3.98. The highest BCUT2D eigenvalue weighted by molar-refractivity contribution is 5.91. The molecule has 2 aliphatic rings. The molecule has 3 rings (SSSR count). The first-order valence-electron chi connectivity index (χ1n) is 9.35. The minimum absolute atomic E-state index is 0.0186. The maximum atomic E-state index is 12.5. The highest BCUT2D eigenvalue weighted by Gasteiger charge is 2.32. The van der Waals surface area contributed by atoms with Crippen molar-refractivity contribution in [2.24, 2.45) is 5.92 Å². The second kappa shape index (κ2) is 7.66. The van der Waals surface area contributed by atoms with Crippen LogP contribution in [0.25, 0.3) is 0 Å². The van der Waals surface area contributed by atoms with Gasteiger partial charge in [-0.25, -0.2) is 4.68 Å². The number of nitrogens with one attached hydrogen (secondary N) is 1. The molecule has 1 aliphatic heterocycles. The fraction of sp³-hybridized carbons (Fsp3) is 0.778. The topological polar surface area (TPSA) is 70.4 Å². The molecule has 6 nitrogen and oxygen atoms in total. The predicted molar refractivity (Wildman–Crippen MR) is 93.8 cm³/mol. The molecule has 3 unspecified atom stereocenters. The summed E-state index contributed by atoms with van der Waals surface area (Å²) in [6.45, 7) is 5.38. The number of likely N-dealkylation sites (tertiary alicyclic amines) is 1. The van der Waals surface area contributed by atoms with E-state index in [4.69, 9.17) is 0 Å². The number of nitrogens with zero attached hydrogens (tertiary/aromatic N) is 3. The van der Waals surface area contributed by atoms with Gasteiger partial charge >= 0.3 is 0 Å². The number of anilines is 1. The molecule has 0 aromatic carbocycles. The minimum Gasteiger partial charge on any atom is -0.392 e. The third-order valence-electron chi connectivity index (χ3n) is 5.50. The number of rotatable bonds is 7. The summed E-state index contributed by atoms with van der Waals surface area (Å²) in [5.41, 5.74) is 0. The molecule has 2 fully saturated rings. The molecule has 0 spiro atoms. The molecule has 1 saturated carbocycles. The summed E-state index contributed by atoms with van der Waals surface area (Å²) < 4.78 is 1.93. The molecule has 24 heavy (non-hydrogen) atoms. The van der Waals surface area contributed by atoms with Crippen LogP contribution in [0.4, 0.5) is 5.82 Å². The van der Waals surface area contributed by atoms with Crippen LogP contribution in [-0.4, -0.2) is 50.9 Å². The quantitative estimate of drug-likeness (QED) is 0.803. The molecule has 1 amide bonds. The van der Waals surface area contributed by atoms with Gasteiger partial charge in [0, 0.05) is 12.1 Å². The van der Waals surface area contributed by atoms with E-state index in [-0.39, 0.29) is 18.1 Å². The first kappa shape index (κ1) is 17.4. The Morgan fingerprint density at radius 3 is 2.92 bits per heavy atom. The SMILES string of the molecule is CCC(O)C1CCCCN1CC(=O)Nc1ccnn1C(C)C1CC1. The molecule has 134 valence electrons. The van der Waals surface area contributed by atoms with Gasteiger partial charge in [-0.1, -0.05) is 13.3 Å². The molecule has 1 aromatic rings. The molecule has 6 heteroatoms. The largest absolute Gasteiger partial charge is 0.392 e. The van der Waals surface area contributed by atoms with E-state index in [1.165, 1.54) is 12.8 Å². The zero-order valence-electron chi connectivity index (χ0n) is 14.8. The van der Waals surface area contributed by atoms with E-state index in [1.807, 2.05) is 17.7 Å².